The summed E-state index contributed by atoms with van der Waals surface area (Å²) in [7, 11) is 0. The van der Waals surface area contributed by atoms with Crippen molar-refractivity contribution in [2.24, 2.45) is 0 Å². The van der Waals surface area contributed by atoms with Crippen molar-refractivity contribution in [3.63, 3.8) is 0 Å². The van der Waals surface area contributed by atoms with Gasteiger partial charge in [-0.3, -0.25) is 0 Å². The molecular weight excluding hydrogens is 407 g/mol. The molecule has 2 atom stereocenters. The molecule has 5 nitrogen and oxygen atoms in total. The molecule has 0 radical (unpaired) electrons. The second-order valence-electron chi connectivity index (χ2n) is 7.73. The van der Waals surface area contributed by atoms with Gasteiger partial charge in [0, 0.05) is 29.0 Å². The standard InChI is InChI=1S/C21H19FN4OS2/c22-14-8-19-17(24-11-28-19)9-16(14)26-15-2-4-23-20-12(15)7-18(29-20)13-1-5-25-21(13)3-6-27-10-21/h2,4,7-9,11,13,25H,1,3,5-6,10H2,(H,23,26). The van der Waals surface area contributed by atoms with Gasteiger partial charge in [-0.15, -0.1) is 22.7 Å². The third kappa shape index (κ3) is 2.85. The minimum Gasteiger partial charge on any atom is -0.379 e. The molecule has 2 unspecified atom stereocenters. The Labute approximate surface area is 174 Å². The van der Waals surface area contributed by atoms with Crippen LogP contribution in [0.1, 0.15) is 23.6 Å². The first kappa shape index (κ1) is 17.7. The number of aromatic nitrogens is 2. The number of thiophene rings is 1. The Bertz CT molecular complexity index is 1210. The Balaban J connectivity index is 1.39. The minimum atomic E-state index is -0.274. The molecule has 148 valence electrons. The number of nitrogens with zero attached hydrogens (tertiary/aromatic N) is 2. The maximum absolute atomic E-state index is 14.6. The van der Waals surface area contributed by atoms with Crippen LogP contribution >= 0.6 is 22.7 Å². The fourth-order valence-electron chi connectivity index (χ4n) is 4.63. The van der Waals surface area contributed by atoms with Crippen molar-refractivity contribution in [1.82, 2.24) is 15.3 Å². The second kappa shape index (κ2) is 6.70. The van der Waals surface area contributed by atoms with E-state index in [4.69, 9.17) is 4.74 Å². The summed E-state index contributed by atoms with van der Waals surface area (Å²) in [6, 6.07) is 7.45. The molecule has 0 saturated carbocycles. The molecule has 4 aromatic rings. The van der Waals surface area contributed by atoms with Crippen molar-refractivity contribution in [3.05, 3.63) is 46.7 Å². The van der Waals surface area contributed by atoms with Crippen LogP contribution in [0.25, 0.3) is 20.4 Å². The number of anilines is 2. The lowest BCUT2D eigenvalue weighted by molar-refractivity contribution is 0.168. The zero-order valence-electron chi connectivity index (χ0n) is 15.6. The van der Waals surface area contributed by atoms with E-state index in [0.717, 1.165) is 58.7 Å². The summed E-state index contributed by atoms with van der Waals surface area (Å²) in [4.78, 5) is 11.2. The largest absolute Gasteiger partial charge is 0.379 e. The number of hydrogen-bond acceptors (Lipinski definition) is 7. The quantitative estimate of drug-likeness (QED) is 0.481. The number of benzene rings is 1. The van der Waals surface area contributed by atoms with Crippen molar-refractivity contribution in [3.8, 4) is 0 Å². The Morgan fingerprint density at radius 3 is 3.10 bits per heavy atom. The van der Waals surface area contributed by atoms with Crippen LogP contribution in [0.2, 0.25) is 0 Å². The maximum atomic E-state index is 14.6. The highest BCUT2D eigenvalue weighted by Crippen LogP contribution is 2.45. The lowest BCUT2D eigenvalue weighted by Crippen LogP contribution is -2.44. The summed E-state index contributed by atoms with van der Waals surface area (Å²) in [5.41, 5.74) is 3.90. The van der Waals surface area contributed by atoms with Crippen LogP contribution in [0.5, 0.6) is 0 Å². The van der Waals surface area contributed by atoms with Gasteiger partial charge in [0.15, 0.2) is 0 Å². The SMILES string of the molecule is Fc1cc2scnc2cc1Nc1ccnc2sc(C3CCNC34CCOC4)cc12. The summed E-state index contributed by atoms with van der Waals surface area (Å²) >= 11 is 3.18. The van der Waals surface area contributed by atoms with Gasteiger partial charge in [-0.05, 0) is 43.7 Å². The number of pyridine rings is 1. The molecule has 3 aromatic heterocycles. The van der Waals surface area contributed by atoms with E-state index in [1.807, 2.05) is 6.07 Å². The summed E-state index contributed by atoms with van der Waals surface area (Å²) in [6.07, 6.45) is 3.93. The molecule has 8 heteroatoms. The molecule has 1 aromatic carbocycles. The van der Waals surface area contributed by atoms with Crippen LogP contribution in [-0.2, 0) is 4.74 Å². The lowest BCUT2D eigenvalue weighted by atomic mass is 9.83. The molecule has 0 bridgehead atoms. The van der Waals surface area contributed by atoms with Crippen molar-refractivity contribution in [2.45, 2.75) is 24.3 Å². The third-order valence-electron chi connectivity index (χ3n) is 6.12. The Morgan fingerprint density at radius 1 is 1.24 bits per heavy atom. The highest BCUT2D eigenvalue weighted by atomic mass is 32.1. The Morgan fingerprint density at radius 2 is 2.21 bits per heavy atom. The van der Waals surface area contributed by atoms with Crippen molar-refractivity contribution in [2.75, 3.05) is 25.1 Å². The first-order valence-electron chi connectivity index (χ1n) is 9.73. The molecule has 0 aliphatic carbocycles. The van der Waals surface area contributed by atoms with E-state index < -0.39 is 0 Å². The average Bonchev–Trinajstić information content (AvgIpc) is 3.50. The second-order valence-corrected chi connectivity index (χ2v) is 9.68. The molecule has 2 aliphatic rings. The normalized spacial score (nSPS) is 24.2. The first-order chi connectivity index (χ1) is 14.2. The van der Waals surface area contributed by atoms with Crippen LogP contribution in [0.15, 0.2) is 36.0 Å². The topological polar surface area (TPSA) is 59.1 Å². The molecule has 5 heterocycles. The predicted octanol–water partition coefficient (Wildman–Crippen LogP) is 5.02. The van der Waals surface area contributed by atoms with Gasteiger partial charge in [0.2, 0.25) is 0 Å². The van der Waals surface area contributed by atoms with Gasteiger partial charge in [-0.25, -0.2) is 14.4 Å². The lowest BCUT2D eigenvalue weighted by Gasteiger charge is -2.28. The van der Waals surface area contributed by atoms with Crippen LogP contribution in [0.3, 0.4) is 0 Å². The van der Waals surface area contributed by atoms with E-state index in [1.165, 1.54) is 16.2 Å². The number of thiazole rings is 1. The number of ether oxygens (including phenoxy) is 1. The summed E-state index contributed by atoms with van der Waals surface area (Å²) < 4.78 is 21.2. The third-order valence-corrected chi connectivity index (χ3v) is 8.07. The predicted molar refractivity (Wildman–Crippen MR) is 116 cm³/mol. The highest BCUT2D eigenvalue weighted by Gasteiger charge is 2.46. The van der Waals surface area contributed by atoms with Crippen LogP contribution in [-0.4, -0.2) is 35.3 Å². The van der Waals surface area contributed by atoms with Crippen LogP contribution in [0, 0.1) is 5.82 Å². The van der Waals surface area contributed by atoms with E-state index in [1.54, 1.807) is 35.2 Å². The van der Waals surface area contributed by atoms with Gasteiger partial charge in [0.25, 0.3) is 0 Å². The van der Waals surface area contributed by atoms with E-state index >= 15 is 0 Å². The smallest absolute Gasteiger partial charge is 0.148 e. The number of nitrogens with one attached hydrogen (secondary N) is 2. The summed E-state index contributed by atoms with van der Waals surface area (Å²) in [6.45, 7) is 2.60. The molecule has 6 rings (SSSR count). The molecule has 0 amide bonds. The van der Waals surface area contributed by atoms with E-state index in [2.05, 4.69) is 26.7 Å². The van der Waals surface area contributed by atoms with Gasteiger partial charge in [0.1, 0.15) is 10.6 Å². The summed E-state index contributed by atoms with van der Waals surface area (Å²) in [5.74, 6) is 0.157. The number of hydrogen-bond donors (Lipinski definition) is 2. The van der Waals surface area contributed by atoms with E-state index in [9.17, 15) is 4.39 Å². The Kier molecular flexibility index (Phi) is 4.09. The molecule has 1 spiro atoms. The van der Waals surface area contributed by atoms with Gasteiger partial charge < -0.3 is 15.4 Å². The molecule has 29 heavy (non-hydrogen) atoms. The zero-order chi connectivity index (χ0) is 19.4. The summed E-state index contributed by atoms with van der Waals surface area (Å²) in [5, 5.41) is 8.00. The Hall–Kier alpha value is -2.13. The highest BCUT2D eigenvalue weighted by molar-refractivity contribution is 7.18. The van der Waals surface area contributed by atoms with E-state index in [0.29, 0.717) is 11.6 Å². The van der Waals surface area contributed by atoms with Crippen LogP contribution < -0.4 is 10.6 Å². The van der Waals surface area contributed by atoms with Gasteiger partial charge in [-0.1, -0.05) is 0 Å². The fourth-order valence-corrected chi connectivity index (χ4v) is 6.59. The molecule has 2 aliphatic heterocycles. The van der Waals surface area contributed by atoms with Crippen LogP contribution in [0.4, 0.5) is 15.8 Å². The molecule has 2 saturated heterocycles. The van der Waals surface area contributed by atoms with Gasteiger partial charge >= 0.3 is 0 Å². The molecule has 2 fully saturated rings. The van der Waals surface area contributed by atoms with Crippen molar-refractivity contribution >= 4 is 54.5 Å². The number of fused-ring (bicyclic) bond motifs is 2. The average molecular weight is 427 g/mol. The van der Waals surface area contributed by atoms with Gasteiger partial charge in [-0.2, -0.15) is 0 Å². The molecule has 2 N–H and O–H groups in total. The van der Waals surface area contributed by atoms with Crippen molar-refractivity contribution in [1.29, 1.82) is 0 Å². The van der Waals surface area contributed by atoms with E-state index in [-0.39, 0.29) is 11.4 Å². The fraction of sp³-hybridized carbons (Fsp3) is 0.333. The number of rotatable bonds is 3. The molecular formula is C21H19FN4OS2. The number of halogens is 1. The minimum absolute atomic E-state index is 0.0518. The monoisotopic (exact) mass is 426 g/mol. The first-order valence-corrected chi connectivity index (χ1v) is 11.4. The maximum Gasteiger partial charge on any atom is 0.148 e. The zero-order valence-corrected chi connectivity index (χ0v) is 17.2. The van der Waals surface area contributed by atoms with Gasteiger partial charge in [0.05, 0.1) is 39.2 Å². The van der Waals surface area contributed by atoms with Crippen molar-refractivity contribution < 1.29 is 9.13 Å².